The van der Waals surface area contributed by atoms with Gasteiger partial charge in [0, 0.05) is 24.0 Å². The van der Waals surface area contributed by atoms with Crippen molar-refractivity contribution in [1.82, 2.24) is 15.0 Å². The van der Waals surface area contributed by atoms with Crippen molar-refractivity contribution in [3.63, 3.8) is 0 Å². The van der Waals surface area contributed by atoms with Gasteiger partial charge in [-0.1, -0.05) is 11.6 Å². The number of nitrogens with zero attached hydrogens (tertiary/aromatic N) is 4. The van der Waals surface area contributed by atoms with E-state index in [9.17, 15) is 0 Å². The van der Waals surface area contributed by atoms with Crippen LogP contribution >= 0.6 is 11.6 Å². The maximum Gasteiger partial charge on any atom is 0.150 e. The summed E-state index contributed by atoms with van der Waals surface area (Å²) in [7, 11) is 0. The van der Waals surface area contributed by atoms with Crippen LogP contribution in [-0.2, 0) is 0 Å². The van der Waals surface area contributed by atoms with Gasteiger partial charge in [-0.25, -0.2) is 9.97 Å². The molecule has 1 aliphatic heterocycles. The first-order chi connectivity index (χ1) is 11.2. The minimum atomic E-state index is 0.619. The van der Waals surface area contributed by atoms with E-state index in [2.05, 4.69) is 20.2 Å². The number of nitrogens with one attached hydrogen (secondary N) is 1. The molecule has 0 amide bonds. The highest BCUT2D eigenvalue weighted by atomic mass is 35.5. The molecule has 118 valence electrons. The van der Waals surface area contributed by atoms with Crippen LogP contribution in [-0.4, -0.2) is 28.0 Å². The normalized spacial score (nSPS) is 25.3. The first kappa shape index (κ1) is 13.5. The number of pyridine rings is 1. The van der Waals surface area contributed by atoms with E-state index in [0.717, 1.165) is 42.3 Å². The predicted octanol–water partition coefficient (Wildman–Crippen LogP) is 3.60. The minimum absolute atomic E-state index is 0.619. The van der Waals surface area contributed by atoms with Crippen molar-refractivity contribution in [3.8, 4) is 0 Å². The number of fused-ring (bicyclic) bond motifs is 1. The monoisotopic (exact) mass is 327 g/mol. The highest BCUT2D eigenvalue weighted by Gasteiger charge is 2.45. The fourth-order valence-corrected chi connectivity index (χ4v) is 3.62. The van der Waals surface area contributed by atoms with Gasteiger partial charge in [-0.3, -0.25) is 4.98 Å². The van der Waals surface area contributed by atoms with Crippen molar-refractivity contribution in [2.45, 2.75) is 25.2 Å². The summed E-state index contributed by atoms with van der Waals surface area (Å²) < 4.78 is 0. The molecule has 5 nitrogen and oxygen atoms in total. The maximum absolute atomic E-state index is 6.27. The number of aromatic nitrogens is 3. The zero-order chi connectivity index (χ0) is 15.4. The zero-order valence-electron chi connectivity index (χ0n) is 12.7. The first-order valence-corrected chi connectivity index (χ1v) is 8.64. The van der Waals surface area contributed by atoms with Crippen LogP contribution in [0.4, 0.5) is 17.5 Å². The van der Waals surface area contributed by atoms with Gasteiger partial charge in [0.2, 0.25) is 0 Å². The lowest BCUT2D eigenvalue weighted by Gasteiger charge is -2.20. The SMILES string of the molecule is Clc1cc(Nc2cnc(C3CC3)cn2)nc(N2CC3CC3C2)c1. The molecule has 3 heterocycles. The first-order valence-electron chi connectivity index (χ1n) is 8.26. The predicted molar refractivity (Wildman–Crippen MR) is 90.3 cm³/mol. The largest absolute Gasteiger partial charge is 0.356 e. The molecule has 2 saturated carbocycles. The molecule has 2 aliphatic carbocycles. The van der Waals surface area contributed by atoms with Crippen LogP contribution in [0.5, 0.6) is 0 Å². The number of rotatable bonds is 4. The quantitative estimate of drug-likeness (QED) is 0.929. The fourth-order valence-electron chi connectivity index (χ4n) is 3.42. The topological polar surface area (TPSA) is 53.9 Å². The van der Waals surface area contributed by atoms with E-state index >= 15 is 0 Å². The third-order valence-corrected chi connectivity index (χ3v) is 5.22. The molecule has 23 heavy (non-hydrogen) atoms. The molecule has 2 aromatic rings. The fraction of sp³-hybridized carbons (Fsp3) is 0.471. The van der Waals surface area contributed by atoms with Gasteiger partial charge in [0.25, 0.3) is 0 Å². The third kappa shape index (κ3) is 2.74. The summed E-state index contributed by atoms with van der Waals surface area (Å²) in [5, 5.41) is 3.92. The smallest absolute Gasteiger partial charge is 0.150 e. The molecular weight excluding hydrogens is 310 g/mol. The van der Waals surface area contributed by atoms with Crippen LogP contribution in [0, 0.1) is 11.8 Å². The molecule has 3 aliphatic rings. The molecule has 3 fully saturated rings. The van der Waals surface area contributed by atoms with Crippen molar-refractivity contribution in [3.05, 3.63) is 35.2 Å². The number of hydrogen-bond donors (Lipinski definition) is 1. The summed E-state index contributed by atoms with van der Waals surface area (Å²) in [6.07, 6.45) is 7.49. The molecule has 2 atom stereocenters. The van der Waals surface area contributed by atoms with Crippen molar-refractivity contribution < 1.29 is 0 Å². The molecule has 0 bridgehead atoms. The second kappa shape index (κ2) is 5.06. The molecule has 1 N–H and O–H groups in total. The lowest BCUT2D eigenvalue weighted by molar-refractivity contribution is 0.806. The summed E-state index contributed by atoms with van der Waals surface area (Å²) in [5.74, 6) is 4.74. The van der Waals surface area contributed by atoms with Gasteiger partial charge in [0.15, 0.2) is 0 Å². The van der Waals surface area contributed by atoms with Gasteiger partial charge < -0.3 is 10.2 Å². The van der Waals surface area contributed by atoms with E-state index < -0.39 is 0 Å². The van der Waals surface area contributed by atoms with Crippen LogP contribution in [0.3, 0.4) is 0 Å². The Morgan fingerprint density at radius 3 is 2.57 bits per heavy atom. The number of halogens is 1. The van der Waals surface area contributed by atoms with E-state index in [1.165, 1.54) is 19.3 Å². The van der Waals surface area contributed by atoms with E-state index in [-0.39, 0.29) is 0 Å². The Labute approximate surface area is 140 Å². The Bertz CT molecular complexity index is 733. The van der Waals surface area contributed by atoms with Crippen LogP contribution < -0.4 is 10.2 Å². The molecule has 2 aromatic heterocycles. The van der Waals surface area contributed by atoms with Gasteiger partial charge in [0.1, 0.15) is 17.5 Å². The number of anilines is 3. The molecule has 0 radical (unpaired) electrons. The second-order valence-corrected chi connectivity index (χ2v) is 7.35. The van der Waals surface area contributed by atoms with Gasteiger partial charge in [0.05, 0.1) is 18.1 Å². The van der Waals surface area contributed by atoms with Crippen LogP contribution in [0.25, 0.3) is 0 Å². The third-order valence-electron chi connectivity index (χ3n) is 5.00. The summed E-state index contributed by atoms with van der Waals surface area (Å²) >= 11 is 6.27. The van der Waals surface area contributed by atoms with E-state index in [0.29, 0.717) is 16.8 Å². The highest BCUT2D eigenvalue weighted by molar-refractivity contribution is 6.31. The molecule has 2 unspecified atom stereocenters. The number of hydrogen-bond acceptors (Lipinski definition) is 5. The van der Waals surface area contributed by atoms with Crippen LogP contribution in [0.2, 0.25) is 5.02 Å². The Hall–Kier alpha value is -1.88. The molecule has 0 spiro atoms. The zero-order valence-corrected chi connectivity index (χ0v) is 13.5. The maximum atomic E-state index is 6.27. The Kier molecular flexibility index (Phi) is 2.98. The summed E-state index contributed by atoms with van der Waals surface area (Å²) in [6.45, 7) is 2.21. The van der Waals surface area contributed by atoms with Crippen molar-refractivity contribution >= 4 is 29.1 Å². The highest BCUT2D eigenvalue weighted by Crippen LogP contribution is 2.46. The van der Waals surface area contributed by atoms with Gasteiger partial charge in [-0.15, -0.1) is 0 Å². The Morgan fingerprint density at radius 2 is 1.87 bits per heavy atom. The molecule has 1 saturated heterocycles. The van der Waals surface area contributed by atoms with E-state index in [1.807, 2.05) is 18.3 Å². The van der Waals surface area contributed by atoms with Gasteiger partial charge >= 0.3 is 0 Å². The lowest BCUT2D eigenvalue weighted by atomic mass is 10.3. The average molecular weight is 328 g/mol. The minimum Gasteiger partial charge on any atom is -0.356 e. The van der Waals surface area contributed by atoms with Crippen molar-refractivity contribution in [2.24, 2.45) is 11.8 Å². The average Bonchev–Trinajstić information content (AvgIpc) is 3.47. The molecular formula is C17H18ClN5. The van der Waals surface area contributed by atoms with E-state index in [1.54, 1.807) is 6.20 Å². The van der Waals surface area contributed by atoms with Crippen LogP contribution in [0.1, 0.15) is 30.9 Å². The second-order valence-electron chi connectivity index (χ2n) is 6.92. The standard InChI is InChI=1S/C17H18ClN5/c18-13-4-15(21-16-7-19-14(6-20-16)10-1-2-10)22-17(5-13)23-8-11-3-12(11)9-23/h4-7,10-12H,1-3,8-9H2,(H,20,21,22). The molecule has 0 aromatic carbocycles. The van der Waals surface area contributed by atoms with E-state index in [4.69, 9.17) is 16.6 Å². The van der Waals surface area contributed by atoms with Gasteiger partial charge in [-0.2, -0.15) is 0 Å². The van der Waals surface area contributed by atoms with Gasteiger partial charge in [-0.05, 0) is 43.2 Å². The van der Waals surface area contributed by atoms with Crippen LogP contribution in [0.15, 0.2) is 24.5 Å². The summed E-state index contributed by atoms with van der Waals surface area (Å²) in [4.78, 5) is 15.9. The molecule has 5 rings (SSSR count). The summed E-state index contributed by atoms with van der Waals surface area (Å²) in [5.41, 5.74) is 1.09. The van der Waals surface area contributed by atoms with Crippen molar-refractivity contribution in [2.75, 3.05) is 23.3 Å². The lowest BCUT2D eigenvalue weighted by Crippen LogP contribution is -2.23. The molecule has 6 heteroatoms. The Balaban J connectivity index is 1.35. The summed E-state index contributed by atoms with van der Waals surface area (Å²) in [6, 6.07) is 3.78. The Morgan fingerprint density at radius 1 is 1.04 bits per heavy atom. The van der Waals surface area contributed by atoms with Crippen molar-refractivity contribution in [1.29, 1.82) is 0 Å². The number of piperidine rings is 1.